The third-order valence-electron chi connectivity index (χ3n) is 20.5. The molecule has 10 atom stereocenters. The number of nitrogens with one attached hydrogen (secondary N) is 1. The Morgan fingerprint density at radius 3 is 1.37 bits per heavy atom. The monoisotopic (exact) mass is 1350 g/mol. The molecule has 0 aromatic heterocycles. The number of alkyl carbamates (subject to hydrolysis) is 1. The standard InChI is InChI=1S/C46H55N3O7.C31H45N3O5.C2H6.CH4/c1-6-14-31(41(54-5)40(51)23-29-21-22-29)24-39(50)38-26-46(25-37(48-56-46)30-15-8-7-9-16-30)28-49(38)43(52)42(45(2,3)4)47-44(53)55-27-36-34-19-12-10-17-32(34)33-18-11-13-20-35(33)36;1-6-10-22(27(38-5)26(36)15-20-13-14-20)16-25(35)24-18-31(19-34(24)29(37)28(32)30(2,3)4)17-23(33-39-31)21-11-8-7-9-12-21;1-2;/h7-13,15-20,29,31,36,38,41-42H,6,14,21-28H2,1-5H3,(H,47,53);7-9,11-12,20,22,24,27-28H,6,10,13-19,32H2,1-5H3;1-2H3;1H4/t31-,38+,41?,42-,46-;22-,24+,27?,28-,31-;;/m11../s1. The first-order chi connectivity index (χ1) is 46.4. The highest BCUT2D eigenvalue weighted by Crippen LogP contribution is 2.47. The Balaban J connectivity index is 0.000000256. The predicted octanol–water partition coefficient (Wildman–Crippen LogP) is 13.8. The van der Waals surface area contributed by atoms with Crippen molar-refractivity contribution in [1.29, 1.82) is 0 Å². The zero-order valence-corrected chi connectivity index (χ0v) is 59.4. The van der Waals surface area contributed by atoms with E-state index in [-0.39, 0.29) is 93.2 Å². The molecule has 532 valence electrons. The van der Waals surface area contributed by atoms with Crippen molar-refractivity contribution in [2.24, 2.45) is 50.5 Å². The van der Waals surface area contributed by atoms with Crippen molar-refractivity contribution in [3.8, 4) is 11.1 Å². The molecular formula is C80H110N6O12. The smallest absolute Gasteiger partial charge is 0.407 e. The lowest BCUT2D eigenvalue weighted by Crippen LogP contribution is -2.57. The Kier molecular flexibility index (Phi) is 25.8. The summed E-state index contributed by atoms with van der Waals surface area (Å²) < 4.78 is 17.4. The number of hydrogen-bond donors (Lipinski definition) is 2. The van der Waals surface area contributed by atoms with Gasteiger partial charge in [0.05, 0.1) is 42.6 Å². The van der Waals surface area contributed by atoms with Crippen LogP contribution in [-0.4, -0.2) is 144 Å². The molecule has 3 aliphatic carbocycles. The van der Waals surface area contributed by atoms with E-state index in [1.54, 1.807) is 24.0 Å². The van der Waals surface area contributed by atoms with Crippen LogP contribution in [0.4, 0.5) is 4.79 Å². The van der Waals surface area contributed by atoms with Crippen LogP contribution in [0.25, 0.3) is 11.1 Å². The molecule has 18 heteroatoms. The average molecular weight is 1350 g/mol. The first-order valence-corrected chi connectivity index (χ1v) is 35.6. The number of oxime groups is 2. The van der Waals surface area contributed by atoms with Gasteiger partial charge in [-0.2, -0.15) is 0 Å². The predicted molar refractivity (Wildman–Crippen MR) is 382 cm³/mol. The summed E-state index contributed by atoms with van der Waals surface area (Å²) in [5.41, 5.74) is 11.4. The number of ketones is 4. The molecule has 2 saturated carbocycles. The average Bonchev–Trinajstić information content (AvgIpc) is 1.62. The molecule has 3 N–H and O–H groups in total. The molecule has 2 spiro atoms. The molecule has 0 bridgehead atoms. The van der Waals surface area contributed by atoms with E-state index in [2.05, 4.69) is 39.9 Å². The van der Waals surface area contributed by atoms with Crippen LogP contribution in [0.3, 0.4) is 0 Å². The number of nitrogens with two attached hydrogens (primary N) is 1. The lowest BCUT2D eigenvalue weighted by atomic mass is 9.84. The highest BCUT2D eigenvalue weighted by molar-refractivity contribution is 6.03. The Morgan fingerprint density at radius 2 is 0.990 bits per heavy atom. The molecule has 2 saturated heterocycles. The van der Waals surface area contributed by atoms with Gasteiger partial charge in [0.15, 0.2) is 34.3 Å². The van der Waals surface area contributed by atoms with Gasteiger partial charge in [-0.05, 0) is 106 Å². The van der Waals surface area contributed by atoms with Crippen LogP contribution in [-0.2, 0) is 52.7 Å². The van der Waals surface area contributed by atoms with E-state index in [1.807, 2.05) is 154 Å². The number of ether oxygens (including phenoxy) is 3. The molecule has 0 radical (unpaired) electrons. The SMILES string of the molecule is C.CC.CCC[C@H](CC(=O)[C@@H]1C[C@]2(CC(c3ccccc3)=NO2)CN1C(=O)[C@@H](N)C(C)(C)C)C(OC)C(=O)CC1CC1.CCC[C@H](CC(=O)[C@@H]1C[C@]2(CC(c3ccccc3)=NO2)CN1C(=O)[C@@H](NC(=O)OCC1c2ccccc2-c2ccccc21)C(C)(C)C)C(OC)C(=O)CC1CC1. The fourth-order valence-electron chi connectivity index (χ4n) is 14.9. The van der Waals surface area contributed by atoms with Crippen LogP contribution in [0, 0.1) is 34.5 Å². The Labute approximate surface area is 582 Å². The number of hydrogen-bond acceptors (Lipinski definition) is 15. The number of benzene rings is 4. The second-order valence-electron chi connectivity index (χ2n) is 30.2. The summed E-state index contributed by atoms with van der Waals surface area (Å²) in [7, 11) is 3.10. The van der Waals surface area contributed by atoms with Gasteiger partial charge in [-0.1, -0.05) is 209 Å². The molecule has 98 heavy (non-hydrogen) atoms. The van der Waals surface area contributed by atoms with Crippen LogP contribution in [0.5, 0.6) is 0 Å². The van der Waals surface area contributed by atoms with Crippen molar-refractivity contribution in [3.05, 3.63) is 131 Å². The first-order valence-electron chi connectivity index (χ1n) is 35.6. The largest absolute Gasteiger partial charge is 0.449 e. The number of methoxy groups -OCH3 is 2. The van der Waals surface area contributed by atoms with Crippen molar-refractivity contribution in [2.45, 2.75) is 233 Å². The lowest BCUT2D eigenvalue weighted by Gasteiger charge is -2.35. The highest BCUT2D eigenvalue weighted by Gasteiger charge is 2.57. The zero-order chi connectivity index (χ0) is 70.0. The van der Waals surface area contributed by atoms with Crippen LogP contribution in [0.1, 0.15) is 208 Å². The zero-order valence-electron chi connectivity index (χ0n) is 59.4. The number of fused-ring (bicyclic) bond motifs is 3. The first kappa shape index (κ1) is 76.3. The fraction of sp³-hybridized carbons (Fsp3) is 0.588. The molecule has 7 aliphatic rings. The Hall–Kier alpha value is -7.41. The number of nitrogens with zero attached hydrogens (tertiary/aromatic N) is 4. The van der Waals surface area contributed by atoms with Gasteiger partial charge < -0.3 is 44.7 Å². The maximum atomic E-state index is 14.9. The number of amides is 3. The van der Waals surface area contributed by atoms with E-state index < -0.39 is 70.4 Å². The molecule has 2 unspecified atom stereocenters. The number of likely N-dealkylation sites (tertiary alicyclic amines) is 2. The molecule has 18 nitrogen and oxygen atoms in total. The minimum absolute atomic E-state index is 0. The van der Waals surface area contributed by atoms with Gasteiger partial charge >= 0.3 is 6.09 Å². The summed E-state index contributed by atoms with van der Waals surface area (Å²) in [4.78, 5) is 113. The van der Waals surface area contributed by atoms with Gasteiger partial charge in [-0.25, -0.2) is 4.79 Å². The number of Topliss-reactive ketones (excluding diaryl/α,β-unsaturated/α-hetero) is 4. The minimum atomic E-state index is -1.02. The van der Waals surface area contributed by atoms with Gasteiger partial charge in [0.2, 0.25) is 11.8 Å². The number of carbonyl (C=O) groups is 7. The molecule has 3 amide bonds. The quantitative estimate of drug-likeness (QED) is 0.0566. The van der Waals surface area contributed by atoms with E-state index in [1.165, 1.54) is 0 Å². The lowest BCUT2D eigenvalue weighted by molar-refractivity contribution is -0.143. The number of rotatable bonds is 27. The van der Waals surface area contributed by atoms with E-state index >= 15 is 0 Å². The second-order valence-corrected chi connectivity index (χ2v) is 30.2. The van der Waals surface area contributed by atoms with Gasteiger partial charge in [0.25, 0.3) is 0 Å². The minimum Gasteiger partial charge on any atom is -0.449 e. The second kappa shape index (κ2) is 33.2. The molecule has 4 aliphatic heterocycles. The summed E-state index contributed by atoms with van der Waals surface area (Å²) in [5, 5.41) is 11.8. The normalized spacial score (nSPS) is 22.5. The summed E-state index contributed by atoms with van der Waals surface area (Å²) in [6.07, 6.45) is 7.96. The molecule has 4 aromatic carbocycles. The molecule has 11 rings (SSSR count). The molecule has 4 fully saturated rings. The third-order valence-corrected chi connectivity index (χ3v) is 20.5. The van der Waals surface area contributed by atoms with E-state index in [0.717, 1.165) is 83.3 Å². The molecule has 4 aromatic rings. The van der Waals surface area contributed by atoms with Crippen molar-refractivity contribution >= 4 is 52.5 Å². The van der Waals surface area contributed by atoms with E-state index in [4.69, 9.17) is 29.6 Å². The summed E-state index contributed by atoms with van der Waals surface area (Å²) in [6, 6.07) is 32.5. The van der Waals surface area contributed by atoms with Crippen LogP contribution < -0.4 is 11.1 Å². The van der Waals surface area contributed by atoms with Crippen molar-refractivity contribution in [1.82, 2.24) is 15.1 Å². The Bertz CT molecular complexity index is 3440. The van der Waals surface area contributed by atoms with Crippen LogP contribution in [0.2, 0.25) is 0 Å². The molecular weight excluding hydrogens is 1240 g/mol. The fourth-order valence-corrected chi connectivity index (χ4v) is 14.9. The molecule has 4 heterocycles. The van der Waals surface area contributed by atoms with Crippen molar-refractivity contribution in [3.63, 3.8) is 0 Å². The van der Waals surface area contributed by atoms with E-state index in [0.29, 0.717) is 56.8 Å². The van der Waals surface area contributed by atoms with Crippen molar-refractivity contribution < 1.29 is 57.4 Å². The van der Waals surface area contributed by atoms with Gasteiger partial charge in [-0.3, -0.25) is 28.8 Å². The maximum Gasteiger partial charge on any atom is 0.407 e. The van der Waals surface area contributed by atoms with Gasteiger partial charge in [0.1, 0.15) is 24.9 Å². The van der Waals surface area contributed by atoms with Gasteiger partial charge in [0, 0.05) is 71.5 Å². The summed E-state index contributed by atoms with van der Waals surface area (Å²) >= 11 is 0. The topological polar surface area (TPSA) is 235 Å². The third kappa shape index (κ3) is 18.1. The van der Waals surface area contributed by atoms with Gasteiger partial charge in [-0.15, -0.1) is 0 Å². The Morgan fingerprint density at radius 1 is 0.592 bits per heavy atom. The summed E-state index contributed by atoms with van der Waals surface area (Å²) in [6.45, 7) is 20.0. The van der Waals surface area contributed by atoms with E-state index in [9.17, 15) is 33.6 Å². The van der Waals surface area contributed by atoms with Crippen LogP contribution in [0.15, 0.2) is 120 Å². The summed E-state index contributed by atoms with van der Waals surface area (Å²) in [5.74, 6) is -0.593. The maximum absolute atomic E-state index is 14.9. The number of carbonyl (C=O) groups excluding carboxylic acids is 7. The highest BCUT2D eigenvalue weighted by atomic mass is 16.7. The van der Waals surface area contributed by atoms with Crippen LogP contribution >= 0.6 is 0 Å². The van der Waals surface area contributed by atoms with Crippen molar-refractivity contribution in [2.75, 3.05) is 33.9 Å².